The van der Waals surface area contributed by atoms with E-state index in [1.807, 2.05) is 0 Å². The number of rotatable bonds is 3. The van der Waals surface area contributed by atoms with Crippen LogP contribution in [0, 0.1) is 5.41 Å². The molecule has 0 saturated carbocycles. The molecule has 1 N–H and O–H groups in total. The Kier molecular flexibility index (Phi) is 3.04. The number of nitrogens with one attached hydrogen (secondary N) is 1. The van der Waals surface area contributed by atoms with Crippen LogP contribution in [-0.4, -0.2) is 18.9 Å². The lowest BCUT2D eigenvalue weighted by Crippen LogP contribution is -2.41. The molecule has 0 bridgehead atoms. The molecule has 68 valence electrons. The van der Waals surface area contributed by atoms with E-state index in [4.69, 9.17) is 0 Å². The van der Waals surface area contributed by atoms with Crippen LogP contribution in [0.3, 0.4) is 0 Å². The summed E-state index contributed by atoms with van der Waals surface area (Å²) in [6.45, 7) is 7.58. The third-order valence-electron chi connectivity index (χ3n) is 2.95. The first-order valence-corrected chi connectivity index (χ1v) is 4.63. The zero-order valence-corrected chi connectivity index (χ0v) is 7.73. The fourth-order valence-electron chi connectivity index (χ4n) is 1.90. The predicted octanol–water partition coefficient (Wildman–Crippen LogP) is 1.52. The second-order valence-electron chi connectivity index (χ2n) is 3.45. The molecule has 2 heteroatoms. The molecule has 2 nitrogen and oxygen atoms in total. The van der Waals surface area contributed by atoms with Crippen molar-refractivity contribution in [3.8, 4) is 0 Å². The first kappa shape index (κ1) is 9.46. The van der Waals surface area contributed by atoms with Gasteiger partial charge >= 0.3 is 0 Å². The Hall–Kier alpha value is -0.630. The molecule has 0 aromatic heterocycles. The molecule has 0 atom stereocenters. The topological polar surface area (TPSA) is 29.1 Å². The van der Waals surface area contributed by atoms with E-state index in [1.54, 1.807) is 0 Å². The van der Waals surface area contributed by atoms with E-state index in [9.17, 15) is 4.79 Å². The second kappa shape index (κ2) is 3.85. The highest BCUT2D eigenvalue weighted by atomic mass is 16.1. The third-order valence-corrected chi connectivity index (χ3v) is 2.95. The Bertz CT molecular complexity index is 180. The minimum atomic E-state index is -0.0903. The van der Waals surface area contributed by atoms with Crippen molar-refractivity contribution in [1.29, 1.82) is 0 Å². The Labute approximate surface area is 74.0 Å². The van der Waals surface area contributed by atoms with Crippen molar-refractivity contribution in [2.45, 2.75) is 26.2 Å². The molecular formula is C10H17NO. The lowest BCUT2D eigenvalue weighted by atomic mass is 9.73. The van der Waals surface area contributed by atoms with Crippen molar-refractivity contribution in [2.24, 2.45) is 5.41 Å². The number of ketones is 1. The number of hydrogen-bond acceptors (Lipinski definition) is 2. The summed E-state index contributed by atoms with van der Waals surface area (Å²) in [7, 11) is 0. The van der Waals surface area contributed by atoms with Gasteiger partial charge in [-0.25, -0.2) is 0 Å². The summed E-state index contributed by atoms with van der Waals surface area (Å²) in [6.07, 6.45) is 4.36. The first-order valence-electron chi connectivity index (χ1n) is 4.63. The van der Waals surface area contributed by atoms with Gasteiger partial charge < -0.3 is 5.32 Å². The normalized spacial score (nSPS) is 21.8. The molecule has 1 aliphatic rings. The highest BCUT2D eigenvalue weighted by Crippen LogP contribution is 2.33. The minimum absolute atomic E-state index is 0.0903. The first-order chi connectivity index (χ1) is 5.75. The predicted molar refractivity (Wildman–Crippen MR) is 50.0 cm³/mol. The van der Waals surface area contributed by atoms with E-state index in [2.05, 4.69) is 18.8 Å². The van der Waals surface area contributed by atoms with E-state index >= 15 is 0 Å². The van der Waals surface area contributed by atoms with Crippen molar-refractivity contribution in [3.63, 3.8) is 0 Å². The molecule has 0 aromatic carbocycles. The summed E-state index contributed by atoms with van der Waals surface area (Å²) in [6, 6.07) is 0. The Morgan fingerprint density at radius 1 is 1.58 bits per heavy atom. The van der Waals surface area contributed by atoms with Crippen molar-refractivity contribution in [3.05, 3.63) is 12.7 Å². The average Bonchev–Trinajstić information content (AvgIpc) is 2.17. The third kappa shape index (κ3) is 1.58. The largest absolute Gasteiger partial charge is 0.317 e. The Morgan fingerprint density at radius 3 is 2.58 bits per heavy atom. The van der Waals surface area contributed by atoms with Gasteiger partial charge in [0.25, 0.3) is 0 Å². The van der Waals surface area contributed by atoms with Gasteiger partial charge in [0.2, 0.25) is 0 Å². The highest BCUT2D eigenvalue weighted by Gasteiger charge is 2.35. The fraction of sp³-hybridized carbons (Fsp3) is 0.700. The van der Waals surface area contributed by atoms with Crippen molar-refractivity contribution < 1.29 is 4.79 Å². The smallest absolute Gasteiger partial charge is 0.161 e. The zero-order valence-electron chi connectivity index (χ0n) is 7.73. The van der Waals surface area contributed by atoms with Gasteiger partial charge in [-0.3, -0.25) is 4.79 Å². The fourth-order valence-corrected chi connectivity index (χ4v) is 1.90. The molecule has 1 fully saturated rings. The number of carbonyl (C=O) groups is 1. The molecule has 0 aliphatic carbocycles. The van der Waals surface area contributed by atoms with Crippen LogP contribution in [0.4, 0.5) is 0 Å². The van der Waals surface area contributed by atoms with Crippen LogP contribution < -0.4 is 5.32 Å². The number of carbonyl (C=O) groups excluding carboxylic acids is 1. The summed E-state index contributed by atoms with van der Waals surface area (Å²) in [5.74, 6) is 0.228. The van der Waals surface area contributed by atoms with Gasteiger partial charge in [-0.2, -0.15) is 0 Å². The SMILES string of the molecule is C=CC(=O)C1(CC)CCNCC1. The minimum Gasteiger partial charge on any atom is -0.317 e. The monoisotopic (exact) mass is 167 g/mol. The Balaban J connectivity index is 2.72. The van der Waals surface area contributed by atoms with Crippen molar-refractivity contribution in [2.75, 3.05) is 13.1 Å². The lowest BCUT2D eigenvalue weighted by molar-refractivity contribution is -0.125. The van der Waals surface area contributed by atoms with E-state index in [0.29, 0.717) is 0 Å². The Morgan fingerprint density at radius 2 is 2.17 bits per heavy atom. The van der Waals surface area contributed by atoms with Gasteiger partial charge in [0.05, 0.1) is 0 Å². The highest BCUT2D eigenvalue weighted by molar-refractivity contribution is 5.94. The molecule has 0 aromatic rings. The number of allylic oxidation sites excluding steroid dienone is 1. The van der Waals surface area contributed by atoms with E-state index < -0.39 is 0 Å². The quantitative estimate of drug-likeness (QED) is 0.646. The van der Waals surface area contributed by atoms with Crippen LogP contribution in [0.25, 0.3) is 0 Å². The van der Waals surface area contributed by atoms with Crippen LogP contribution in [0.15, 0.2) is 12.7 Å². The van der Waals surface area contributed by atoms with Crippen LogP contribution in [0.5, 0.6) is 0 Å². The standard InChI is InChI=1S/C10H17NO/c1-3-9(12)10(4-2)5-7-11-8-6-10/h3,11H,1,4-8H2,2H3. The zero-order chi connectivity index (χ0) is 9.03. The van der Waals surface area contributed by atoms with E-state index in [1.165, 1.54) is 6.08 Å². The lowest BCUT2D eigenvalue weighted by Gasteiger charge is -2.34. The summed E-state index contributed by atoms with van der Waals surface area (Å²) >= 11 is 0. The summed E-state index contributed by atoms with van der Waals surface area (Å²) in [4.78, 5) is 11.6. The number of hydrogen-bond donors (Lipinski definition) is 1. The van der Waals surface area contributed by atoms with Crippen molar-refractivity contribution in [1.82, 2.24) is 5.32 Å². The van der Waals surface area contributed by atoms with E-state index in [-0.39, 0.29) is 11.2 Å². The maximum atomic E-state index is 11.6. The second-order valence-corrected chi connectivity index (χ2v) is 3.45. The van der Waals surface area contributed by atoms with Crippen LogP contribution in [0.2, 0.25) is 0 Å². The molecule has 0 radical (unpaired) electrons. The molecule has 12 heavy (non-hydrogen) atoms. The molecule has 1 saturated heterocycles. The van der Waals surface area contributed by atoms with Gasteiger partial charge in [-0.15, -0.1) is 0 Å². The van der Waals surface area contributed by atoms with Gasteiger partial charge in [0.1, 0.15) is 0 Å². The summed E-state index contributed by atoms with van der Waals surface area (Å²) in [5, 5.41) is 3.27. The van der Waals surface area contributed by atoms with Gasteiger partial charge in [0.15, 0.2) is 5.78 Å². The van der Waals surface area contributed by atoms with Crippen molar-refractivity contribution >= 4 is 5.78 Å². The van der Waals surface area contributed by atoms with Crippen LogP contribution in [0.1, 0.15) is 26.2 Å². The van der Waals surface area contributed by atoms with Gasteiger partial charge in [-0.05, 0) is 38.4 Å². The molecule has 0 amide bonds. The molecule has 1 heterocycles. The maximum absolute atomic E-state index is 11.6. The number of piperidine rings is 1. The average molecular weight is 167 g/mol. The van der Waals surface area contributed by atoms with E-state index in [0.717, 1.165) is 32.4 Å². The van der Waals surface area contributed by atoms with Gasteiger partial charge in [0, 0.05) is 5.41 Å². The van der Waals surface area contributed by atoms with Crippen LogP contribution in [-0.2, 0) is 4.79 Å². The summed E-state index contributed by atoms with van der Waals surface area (Å²) < 4.78 is 0. The summed E-state index contributed by atoms with van der Waals surface area (Å²) in [5.41, 5.74) is -0.0903. The molecule has 0 unspecified atom stereocenters. The van der Waals surface area contributed by atoms with Gasteiger partial charge in [-0.1, -0.05) is 13.5 Å². The molecule has 1 aliphatic heterocycles. The maximum Gasteiger partial charge on any atom is 0.161 e. The van der Waals surface area contributed by atoms with Crippen LogP contribution >= 0.6 is 0 Å². The molecular weight excluding hydrogens is 150 g/mol. The molecule has 0 spiro atoms. The molecule has 1 rings (SSSR count).